The number of rotatable bonds is 8. The summed E-state index contributed by atoms with van der Waals surface area (Å²) in [5.74, 6) is -1.28. The number of aryl methyl sites for hydroxylation is 1. The summed E-state index contributed by atoms with van der Waals surface area (Å²) < 4.78 is 3.98. The second-order valence-electron chi connectivity index (χ2n) is 8.74. The van der Waals surface area contributed by atoms with Crippen molar-refractivity contribution in [3.8, 4) is 0 Å². The minimum Gasteiger partial charge on any atom is -0.395 e. The molecule has 1 aromatic carbocycles. The van der Waals surface area contributed by atoms with Crippen molar-refractivity contribution < 1.29 is 14.4 Å². The van der Waals surface area contributed by atoms with E-state index in [1.54, 1.807) is 0 Å². The monoisotopic (exact) mass is 457 g/mol. The van der Waals surface area contributed by atoms with Crippen LogP contribution in [0.4, 0.5) is 11.4 Å². The molecule has 1 aliphatic rings. The Balaban J connectivity index is 2.06. The number of nitrogens with one attached hydrogen (secondary N) is 1. The summed E-state index contributed by atoms with van der Waals surface area (Å²) in [4.78, 5) is 40.5. The number of nitrogen functional groups attached to an aromatic ring is 1. The molecular weight excluding hydrogens is 426 g/mol. The third kappa shape index (κ3) is 5.09. The minimum atomic E-state index is -0.794. The summed E-state index contributed by atoms with van der Waals surface area (Å²) >= 11 is 0.824. The summed E-state index contributed by atoms with van der Waals surface area (Å²) in [5, 5.41) is 3.15. The molecule has 1 atom stereocenters. The maximum atomic E-state index is 13.8. The van der Waals surface area contributed by atoms with Crippen LogP contribution in [-0.2, 0) is 4.79 Å². The van der Waals surface area contributed by atoms with Gasteiger partial charge >= 0.3 is 0 Å². The number of carbonyl (C=O) groups excluding carboxylic acids is 3. The zero-order valence-corrected chi connectivity index (χ0v) is 19.6. The molecule has 1 fully saturated rings. The number of nitrogens with two attached hydrogens (primary N) is 2. The van der Waals surface area contributed by atoms with Crippen molar-refractivity contribution in [2.75, 3.05) is 10.6 Å². The van der Waals surface area contributed by atoms with Crippen LogP contribution in [0.3, 0.4) is 0 Å². The van der Waals surface area contributed by atoms with Crippen LogP contribution in [-0.4, -0.2) is 34.2 Å². The Morgan fingerprint density at radius 3 is 2.44 bits per heavy atom. The molecule has 1 heterocycles. The first-order chi connectivity index (χ1) is 15.2. The van der Waals surface area contributed by atoms with Crippen LogP contribution >= 0.6 is 11.5 Å². The fourth-order valence-corrected chi connectivity index (χ4v) is 4.88. The molecule has 3 rings (SSSR count). The van der Waals surface area contributed by atoms with Gasteiger partial charge in [-0.15, -0.1) is 0 Å². The number of anilines is 2. The molecule has 1 aliphatic carbocycles. The number of hydrogen-bond donors (Lipinski definition) is 3. The fourth-order valence-electron chi connectivity index (χ4n) is 4.13. The molecule has 0 radical (unpaired) electrons. The van der Waals surface area contributed by atoms with E-state index in [1.165, 1.54) is 4.90 Å². The average Bonchev–Trinajstić information content (AvgIpc) is 3.37. The van der Waals surface area contributed by atoms with Crippen LogP contribution in [0.2, 0.25) is 0 Å². The normalized spacial score (nSPS) is 15.0. The first-order valence-corrected chi connectivity index (χ1v) is 11.7. The smallest absolute Gasteiger partial charge is 0.272 e. The van der Waals surface area contributed by atoms with Gasteiger partial charge in [-0.1, -0.05) is 44.9 Å². The van der Waals surface area contributed by atoms with E-state index >= 15 is 0 Å². The topological polar surface area (TPSA) is 131 Å². The van der Waals surface area contributed by atoms with E-state index in [0.717, 1.165) is 42.8 Å². The van der Waals surface area contributed by atoms with E-state index in [2.05, 4.69) is 9.69 Å². The Hall–Kier alpha value is -2.94. The highest BCUT2D eigenvalue weighted by Crippen LogP contribution is 2.31. The van der Waals surface area contributed by atoms with E-state index in [1.807, 2.05) is 45.0 Å². The van der Waals surface area contributed by atoms with Crippen LogP contribution in [0.25, 0.3) is 0 Å². The lowest BCUT2D eigenvalue weighted by Gasteiger charge is -2.33. The molecule has 0 spiro atoms. The van der Waals surface area contributed by atoms with Gasteiger partial charge in [-0.25, -0.2) is 0 Å². The molecule has 32 heavy (non-hydrogen) atoms. The number of primary amides is 1. The minimum absolute atomic E-state index is 0.0504. The quantitative estimate of drug-likeness (QED) is 0.560. The van der Waals surface area contributed by atoms with Gasteiger partial charge in [0.25, 0.3) is 11.8 Å². The second kappa shape index (κ2) is 10.1. The zero-order chi connectivity index (χ0) is 23.4. The molecule has 1 aromatic heterocycles. The number of amides is 3. The number of carbonyl (C=O) groups is 3. The fraction of sp³-hybridized carbons (Fsp3) is 0.478. The van der Waals surface area contributed by atoms with Crippen LogP contribution in [0.1, 0.15) is 71.7 Å². The number of hydrogen-bond acceptors (Lipinski definition) is 6. The largest absolute Gasteiger partial charge is 0.395 e. The van der Waals surface area contributed by atoms with Crippen molar-refractivity contribution in [1.29, 1.82) is 0 Å². The van der Waals surface area contributed by atoms with Crippen LogP contribution < -0.4 is 21.7 Å². The molecule has 8 nitrogen and oxygen atoms in total. The van der Waals surface area contributed by atoms with E-state index in [-0.39, 0.29) is 34.1 Å². The van der Waals surface area contributed by atoms with Gasteiger partial charge in [0, 0.05) is 11.7 Å². The molecular formula is C23H31N5O3S. The van der Waals surface area contributed by atoms with Crippen molar-refractivity contribution in [3.63, 3.8) is 0 Å². The lowest BCUT2D eigenvalue weighted by Crippen LogP contribution is -2.52. The van der Waals surface area contributed by atoms with E-state index in [4.69, 9.17) is 11.5 Å². The van der Waals surface area contributed by atoms with Crippen LogP contribution in [0.5, 0.6) is 0 Å². The highest BCUT2D eigenvalue weighted by atomic mass is 32.1. The van der Waals surface area contributed by atoms with Gasteiger partial charge in [0.2, 0.25) is 5.91 Å². The van der Waals surface area contributed by atoms with Gasteiger partial charge < -0.3 is 16.8 Å². The van der Waals surface area contributed by atoms with Crippen LogP contribution in [0, 0.1) is 12.8 Å². The first kappa shape index (κ1) is 23.7. The van der Waals surface area contributed by atoms with Crippen molar-refractivity contribution in [3.05, 3.63) is 40.4 Å². The number of nitrogens with zero attached hydrogens (tertiary/aromatic N) is 2. The summed E-state index contributed by atoms with van der Waals surface area (Å²) in [6, 6.07) is 6.80. The predicted octanol–water partition coefficient (Wildman–Crippen LogP) is 3.25. The Morgan fingerprint density at radius 2 is 1.88 bits per heavy atom. The van der Waals surface area contributed by atoms with Crippen molar-refractivity contribution in [1.82, 2.24) is 9.69 Å². The molecule has 9 heteroatoms. The Morgan fingerprint density at radius 1 is 1.22 bits per heavy atom. The van der Waals surface area contributed by atoms with Crippen LogP contribution in [0.15, 0.2) is 24.3 Å². The van der Waals surface area contributed by atoms with E-state index in [0.29, 0.717) is 12.1 Å². The molecule has 1 unspecified atom stereocenters. The van der Waals surface area contributed by atoms with Crippen molar-refractivity contribution >= 4 is 40.6 Å². The van der Waals surface area contributed by atoms with Gasteiger partial charge in [-0.2, -0.15) is 4.37 Å². The van der Waals surface area contributed by atoms with Gasteiger partial charge in [-0.3, -0.25) is 19.3 Å². The highest BCUT2D eigenvalue weighted by Gasteiger charge is 2.36. The maximum Gasteiger partial charge on any atom is 0.272 e. The van der Waals surface area contributed by atoms with Gasteiger partial charge in [-0.05, 0) is 55.3 Å². The van der Waals surface area contributed by atoms with Crippen molar-refractivity contribution in [2.45, 2.75) is 65.0 Å². The van der Waals surface area contributed by atoms with E-state index in [9.17, 15) is 14.4 Å². The Kier molecular flexibility index (Phi) is 7.50. The van der Waals surface area contributed by atoms with Gasteiger partial charge in [0.1, 0.15) is 10.9 Å². The summed E-state index contributed by atoms with van der Waals surface area (Å²) in [7, 11) is 0. The number of aromatic nitrogens is 1. The molecule has 0 aliphatic heterocycles. The van der Waals surface area contributed by atoms with Gasteiger partial charge in [0.15, 0.2) is 5.69 Å². The van der Waals surface area contributed by atoms with Crippen molar-refractivity contribution in [2.24, 2.45) is 11.7 Å². The summed E-state index contributed by atoms with van der Waals surface area (Å²) in [6.45, 7) is 5.92. The third-order valence-electron chi connectivity index (χ3n) is 5.76. The standard InChI is InChI=1S/C23H31N5O3S/c1-13(2)12-17(22(30)26-15-9-5-6-10-15)28(16-11-7-4-8-14(16)3)23(31)20-18(24)19(21(25)29)27-32-20/h4,7-8,11,13,15,17H,5-6,9-10,12,24H2,1-3H3,(H2,25,29)(H,26,30). The molecule has 2 aromatic rings. The number of benzene rings is 1. The molecule has 5 N–H and O–H groups in total. The highest BCUT2D eigenvalue weighted by molar-refractivity contribution is 7.09. The molecule has 172 valence electrons. The predicted molar refractivity (Wildman–Crippen MR) is 127 cm³/mol. The average molecular weight is 458 g/mol. The summed E-state index contributed by atoms with van der Waals surface area (Å²) in [6.07, 6.45) is 4.55. The maximum absolute atomic E-state index is 13.8. The zero-order valence-electron chi connectivity index (χ0n) is 18.8. The molecule has 0 bridgehead atoms. The SMILES string of the molecule is Cc1ccccc1N(C(=O)c1snc(C(N)=O)c1N)C(CC(C)C)C(=O)NC1CCCC1. The first-order valence-electron chi connectivity index (χ1n) is 10.9. The third-order valence-corrected chi connectivity index (χ3v) is 6.61. The van der Waals surface area contributed by atoms with E-state index < -0.39 is 17.9 Å². The Bertz CT molecular complexity index is 997. The molecule has 3 amide bonds. The lowest BCUT2D eigenvalue weighted by atomic mass is 9.99. The molecule has 0 saturated heterocycles. The summed E-state index contributed by atoms with van der Waals surface area (Å²) in [5.41, 5.74) is 12.7. The number of para-hydroxylation sites is 1. The lowest BCUT2D eigenvalue weighted by molar-refractivity contribution is -0.123. The molecule has 1 saturated carbocycles. The Labute approximate surface area is 192 Å². The second-order valence-corrected chi connectivity index (χ2v) is 9.51. The van der Waals surface area contributed by atoms with Gasteiger partial charge in [0.05, 0.1) is 5.69 Å².